The molecule has 26 heavy (non-hydrogen) atoms. The monoisotopic (exact) mass is 386 g/mol. The van der Waals surface area contributed by atoms with E-state index in [1.54, 1.807) is 0 Å². The van der Waals surface area contributed by atoms with Gasteiger partial charge in [0.25, 0.3) is 5.91 Å². The SMILES string of the molecule is O=C(O)c1ccc(C(=O)NS(=O)(=O)N2CCCC2)c(OC2CCC2)c1F. The Balaban J connectivity index is 1.90. The fourth-order valence-corrected chi connectivity index (χ4v) is 4.05. The second-order valence-corrected chi connectivity index (χ2v) is 7.99. The molecule has 2 aliphatic rings. The Kier molecular flexibility index (Phi) is 5.15. The molecule has 1 heterocycles. The van der Waals surface area contributed by atoms with E-state index >= 15 is 0 Å². The minimum atomic E-state index is -4.04. The first-order chi connectivity index (χ1) is 12.3. The quantitative estimate of drug-likeness (QED) is 0.767. The molecule has 3 rings (SSSR count). The van der Waals surface area contributed by atoms with E-state index in [1.807, 2.05) is 4.72 Å². The average Bonchev–Trinajstić information content (AvgIpc) is 3.06. The van der Waals surface area contributed by atoms with E-state index in [1.165, 1.54) is 0 Å². The van der Waals surface area contributed by atoms with Gasteiger partial charge in [0.15, 0.2) is 11.6 Å². The van der Waals surface area contributed by atoms with Crippen molar-refractivity contribution in [1.29, 1.82) is 0 Å². The largest absolute Gasteiger partial charge is 0.486 e. The number of amides is 1. The highest BCUT2D eigenvalue weighted by atomic mass is 32.2. The first-order valence-corrected chi connectivity index (χ1v) is 9.78. The molecule has 1 aliphatic heterocycles. The van der Waals surface area contributed by atoms with Gasteiger partial charge in [0.1, 0.15) is 0 Å². The molecule has 8 nitrogen and oxygen atoms in total. The van der Waals surface area contributed by atoms with Crippen LogP contribution in [0.15, 0.2) is 12.1 Å². The molecule has 0 unspecified atom stereocenters. The molecule has 0 atom stereocenters. The van der Waals surface area contributed by atoms with Crippen LogP contribution in [0.5, 0.6) is 5.75 Å². The molecule has 1 aliphatic carbocycles. The number of halogens is 1. The third-order valence-corrected chi connectivity index (χ3v) is 6.02. The zero-order valence-electron chi connectivity index (χ0n) is 13.9. The van der Waals surface area contributed by atoms with Gasteiger partial charge in [0.2, 0.25) is 0 Å². The van der Waals surface area contributed by atoms with Crippen molar-refractivity contribution in [2.24, 2.45) is 0 Å². The van der Waals surface area contributed by atoms with Gasteiger partial charge < -0.3 is 9.84 Å². The highest BCUT2D eigenvalue weighted by Crippen LogP contribution is 2.32. The predicted molar refractivity (Wildman–Crippen MR) is 88.8 cm³/mol. The van der Waals surface area contributed by atoms with Crippen LogP contribution in [0, 0.1) is 5.82 Å². The second-order valence-electron chi connectivity index (χ2n) is 6.32. The van der Waals surface area contributed by atoms with Crippen LogP contribution in [-0.4, -0.2) is 48.9 Å². The van der Waals surface area contributed by atoms with Crippen molar-refractivity contribution < 1.29 is 32.2 Å². The van der Waals surface area contributed by atoms with Crippen molar-refractivity contribution in [2.75, 3.05) is 13.1 Å². The Morgan fingerprint density at radius 2 is 1.77 bits per heavy atom. The van der Waals surface area contributed by atoms with Crippen molar-refractivity contribution in [3.63, 3.8) is 0 Å². The number of carboxylic acids is 1. The summed E-state index contributed by atoms with van der Waals surface area (Å²) in [6, 6.07) is 1.98. The van der Waals surface area contributed by atoms with Gasteiger partial charge >= 0.3 is 16.2 Å². The summed E-state index contributed by atoms with van der Waals surface area (Å²) in [6.45, 7) is 0.612. The zero-order chi connectivity index (χ0) is 18.9. The van der Waals surface area contributed by atoms with Crippen molar-refractivity contribution in [3.05, 3.63) is 29.1 Å². The van der Waals surface area contributed by atoms with Crippen LogP contribution in [0.25, 0.3) is 0 Å². The molecule has 1 aromatic carbocycles. The summed E-state index contributed by atoms with van der Waals surface area (Å²) in [5.41, 5.74) is -0.986. The molecule has 2 N–H and O–H groups in total. The molecular weight excluding hydrogens is 367 g/mol. The van der Waals surface area contributed by atoms with Crippen LogP contribution in [-0.2, 0) is 10.2 Å². The lowest BCUT2D eigenvalue weighted by atomic mass is 9.96. The molecule has 0 aromatic heterocycles. The molecule has 1 saturated heterocycles. The molecule has 1 aromatic rings. The summed E-state index contributed by atoms with van der Waals surface area (Å²) in [5.74, 6) is -4.26. The Morgan fingerprint density at radius 1 is 1.15 bits per heavy atom. The number of aromatic carboxylic acids is 1. The lowest BCUT2D eigenvalue weighted by molar-refractivity contribution is 0.0685. The Hall–Kier alpha value is -2.20. The number of hydrogen-bond acceptors (Lipinski definition) is 5. The summed E-state index contributed by atoms with van der Waals surface area (Å²) in [6.07, 6.45) is 3.28. The maximum Gasteiger partial charge on any atom is 0.338 e. The van der Waals surface area contributed by atoms with Gasteiger partial charge in [-0.05, 0) is 44.2 Å². The van der Waals surface area contributed by atoms with Crippen LogP contribution >= 0.6 is 0 Å². The van der Waals surface area contributed by atoms with E-state index in [0.717, 1.165) is 22.9 Å². The Morgan fingerprint density at radius 3 is 2.31 bits per heavy atom. The van der Waals surface area contributed by atoms with Crippen LogP contribution in [0.3, 0.4) is 0 Å². The first kappa shape index (κ1) is 18.6. The number of carbonyl (C=O) groups excluding carboxylic acids is 1. The van der Waals surface area contributed by atoms with Gasteiger partial charge in [-0.15, -0.1) is 0 Å². The van der Waals surface area contributed by atoms with Crippen molar-refractivity contribution in [1.82, 2.24) is 9.03 Å². The average molecular weight is 386 g/mol. The molecule has 142 valence electrons. The lowest BCUT2D eigenvalue weighted by Crippen LogP contribution is -2.42. The smallest absolute Gasteiger partial charge is 0.338 e. The van der Waals surface area contributed by atoms with Crippen molar-refractivity contribution in [2.45, 2.75) is 38.2 Å². The van der Waals surface area contributed by atoms with Crippen LogP contribution in [0.2, 0.25) is 0 Å². The van der Waals surface area contributed by atoms with Crippen molar-refractivity contribution in [3.8, 4) is 5.75 Å². The van der Waals surface area contributed by atoms with Gasteiger partial charge in [-0.25, -0.2) is 13.9 Å². The minimum Gasteiger partial charge on any atom is -0.486 e. The summed E-state index contributed by atoms with van der Waals surface area (Å²) in [5, 5.41) is 9.06. The normalized spacial score (nSPS) is 18.3. The fraction of sp³-hybridized carbons (Fsp3) is 0.500. The zero-order valence-corrected chi connectivity index (χ0v) is 14.7. The Labute approximate surface area is 150 Å². The van der Waals surface area contributed by atoms with Gasteiger partial charge in [-0.3, -0.25) is 4.79 Å². The summed E-state index contributed by atoms with van der Waals surface area (Å²) in [4.78, 5) is 23.6. The van der Waals surface area contributed by atoms with E-state index in [2.05, 4.69) is 0 Å². The highest BCUT2D eigenvalue weighted by Gasteiger charge is 2.31. The third kappa shape index (κ3) is 3.65. The van der Waals surface area contributed by atoms with E-state index in [4.69, 9.17) is 9.84 Å². The maximum absolute atomic E-state index is 14.6. The highest BCUT2D eigenvalue weighted by molar-refractivity contribution is 7.87. The molecule has 2 fully saturated rings. The molecule has 0 radical (unpaired) electrons. The molecule has 10 heteroatoms. The first-order valence-electron chi connectivity index (χ1n) is 8.34. The number of hydrogen-bond donors (Lipinski definition) is 2. The number of nitrogens with zero attached hydrogens (tertiary/aromatic N) is 1. The van der Waals surface area contributed by atoms with Crippen LogP contribution in [0.1, 0.15) is 52.8 Å². The standard InChI is InChI=1S/C16H19FN2O6S/c17-13-11(16(21)22)6-7-12(14(13)25-10-4-3-5-10)15(20)18-26(23,24)19-8-1-2-9-19/h6-7,10H,1-5,8-9H2,(H,18,20)(H,21,22). The van der Waals surface area contributed by atoms with E-state index < -0.39 is 39.2 Å². The summed E-state index contributed by atoms with van der Waals surface area (Å²) >= 11 is 0. The van der Waals surface area contributed by atoms with E-state index in [-0.39, 0.29) is 11.7 Å². The topological polar surface area (TPSA) is 113 Å². The van der Waals surface area contributed by atoms with Gasteiger partial charge in [0.05, 0.1) is 17.2 Å². The van der Waals surface area contributed by atoms with Crippen molar-refractivity contribution >= 4 is 22.1 Å². The van der Waals surface area contributed by atoms with E-state index in [9.17, 15) is 22.4 Å². The van der Waals surface area contributed by atoms with Crippen LogP contribution in [0.4, 0.5) is 4.39 Å². The molecule has 1 saturated carbocycles. The predicted octanol–water partition coefficient (Wildman–Crippen LogP) is 1.53. The lowest BCUT2D eigenvalue weighted by Gasteiger charge is -2.27. The number of carboxylic acid groups (broad SMARTS) is 1. The van der Waals surface area contributed by atoms with Gasteiger partial charge in [-0.1, -0.05) is 0 Å². The number of carbonyl (C=O) groups is 2. The molecule has 1 amide bonds. The minimum absolute atomic E-state index is 0.306. The third-order valence-electron chi connectivity index (χ3n) is 4.54. The molecule has 0 bridgehead atoms. The van der Waals surface area contributed by atoms with E-state index in [0.29, 0.717) is 38.8 Å². The number of ether oxygens (including phenoxy) is 1. The maximum atomic E-state index is 14.6. The van der Waals surface area contributed by atoms with Gasteiger partial charge in [0, 0.05) is 13.1 Å². The molecular formula is C16H19FN2O6S. The fourth-order valence-electron chi connectivity index (χ4n) is 2.84. The Bertz CT molecular complexity index is 831. The number of rotatable bonds is 6. The second kappa shape index (κ2) is 7.20. The number of nitrogens with one attached hydrogen (secondary N) is 1. The summed E-state index contributed by atoms with van der Waals surface area (Å²) in [7, 11) is -4.04. The van der Waals surface area contributed by atoms with Gasteiger partial charge in [-0.2, -0.15) is 12.7 Å². The van der Waals surface area contributed by atoms with Crippen LogP contribution < -0.4 is 9.46 Å². The number of benzene rings is 1. The molecule has 0 spiro atoms. The summed E-state index contributed by atoms with van der Waals surface area (Å²) < 4.78 is 47.5.